The molecular weight excluding hydrogens is 174 g/mol. The van der Waals surface area contributed by atoms with Gasteiger partial charge in [-0.25, -0.2) is 0 Å². The highest BCUT2D eigenvalue weighted by Crippen LogP contribution is 2.26. The molecule has 2 nitrogen and oxygen atoms in total. The third kappa shape index (κ3) is 2.74. The Balaban J connectivity index is 2.83. The van der Waals surface area contributed by atoms with Gasteiger partial charge >= 0.3 is 0 Å². The van der Waals surface area contributed by atoms with Gasteiger partial charge in [0.1, 0.15) is 5.75 Å². The average molecular weight is 193 g/mol. The van der Waals surface area contributed by atoms with E-state index in [0.717, 1.165) is 24.9 Å². The Kier molecular flexibility index (Phi) is 3.96. The third-order valence-electron chi connectivity index (χ3n) is 2.38. The highest BCUT2D eigenvalue weighted by Gasteiger charge is 2.06. The lowest BCUT2D eigenvalue weighted by molar-refractivity contribution is 0.464. The minimum absolute atomic E-state index is 0.368. The Hall–Kier alpha value is -1.02. The number of hydrogen-bond donors (Lipinski definition) is 2. The van der Waals surface area contributed by atoms with E-state index in [2.05, 4.69) is 19.9 Å². The monoisotopic (exact) mass is 193 g/mol. The fourth-order valence-corrected chi connectivity index (χ4v) is 1.53. The van der Waals surface area contributed by atoms with Crippen molar-refractivity contribution in [2.75, 3.05) is 6.54 Å². The number of aryl methyl sites for hydroxylation is 1. The largest absolute Gasteiger partial charge is 0.508 e. The summed E-state index contributed by atoms with van der Waals surface area (Å²) in [5.74, 6) is 0.768. The van der Waals surface area contributed by atoms with Crippen molar-refractivity contribution in [2.45, 2.75) is 32.6 Å². The summed E-state index contributed by atoms with van der Waals surface area (Å²) in [5, 5.41) is 9.61. The summed E-state index contributed by atoms with van der Waals surface area (Å²) in [5.41, 5.74) is 7.74. The number of rotatable bonds is 4. The molecule has 0 atom stereocenters. The maximum Gasteiger partial charge on any atom is 0.119 e. The van der Waals surface area contributed by atoms with Crippen LogP contribution < -0.4 is 5.73 Å². The van der Waals surface area contributed by atoms with Crippen LogP contribution in [0.15, 0.2) is 18.2 Å². The van der Waals surface area contributed by atoms with Gasteiger partial charge in [-0.15, -0.1) is 0 Å². The maximum absolute atomic E-state index is 9.61. The van der Waals surface area contributed by atoms with E-state index in [1.165, 1.54) is 5.56 Å². The Morgan fingerprint density at radius 3 is 2.64 bits per heavy atom. The number of phenols is 1. The molecule has 0 aliphatic heterocycles. The standard InChI is InChI=1S/C12H19NO/c1-9(2)11-8-10(4-3-7-13)5-6-12(11)14/h5-6,8-9,14H,3-4,7,13H2,1-2H3. The third-order valence-corrected chi connectivity index (χ3v) is 2.38. The van der Waals surface area contributed by atoms with E-state index in [9.17, 15) is 5.11 Å². The molecule has 0 fully saturated rings. The molecule has 14 heavy (non-hydrogen) atoms. The minimum atomic E-state index is 0.368. The summed E-state index contributed by atoms with van der Waals surface area (Å²) in [7, 11) is 0. The predicted octanol–water partition coefficient (Wildman–Crippen LogP) is 2.41. The molecule has 0 heterocycles. The van der Waals surface area contributed by atoms with Crippen LogP contribution in [0.1, 0.15) is 37.3 Å². The van der Waals surface area contributed by atoms with Gasteiger partial charge in [-0.3, -0.25) is 0 Å². The topological polar surface area (TPSA) is 46.2 Å². The molecule has 78 valence electrons. The van der Waals surface area contributed by atoms with Gasteiger partial charge in [0.05, 0.1) is 0 Å². The first-order valence-electron chi connectivity index (χ1n) is 5.17. The average Bonchev–Trinajstić information content (AvgIpc) is 2.16. The number of benzene rings is 1. The summed E-state index contributed by atoms with van der Waals surface area (Å²) in [6, 6.07) is 5.83. The lowest BCUT2D eigenvalue weighted by Gasteiger charge is -2.10. The van der Waals surface area contributed by atoms with Crippen molar-refractivity contribution >= 4 is 0 Å². The van der Waals surface area contributed by atoms with Crippen molar-refractivity contribution in [1.82, 2.24) is 0 Å². The quantitative estimate of drug-likeness (QED) is 0.771. The van der Waals surface area contributed by atoms with Crippen LogP contribution in [0.4, 0.5) is 0 Å². The van der Waals surface area contributed by atoms with Gasteiger partial charge in [0.2, 0.25) is 0 Å². The first-order chi connectivity index (χ1) is 6.65. The summed E-state index contributed by atoms with van der Waals surface area (Å²) in [6.45, 7) is 4.89. The zero-order valence-corrected chi connectivity index (χ0v) is 8.96. The smallest absolute Gasteiger partial charge is 0.119 e. The van der Waals surface area contributed by atoms with E-state index < -0.39 is 0 Å². The molecule has 0 unspecified atom stereocenters. The maximum atomic E-state index is 9.61. The van der Waals surface area contributed by atoms with Crippen molar-refractivity contribution < 1.29 is 5.11 Å². The fraction of sp³-hybridized carbons (Fsp3) is 0.500. The van der Waals surface area contributed by atoms with E-state index in [0.29, 0.717) is 11.7 Å². The van der Waals surface area contributed by atoms with Crippen LogP contribution in [-0.2, 0) is 6.42 Å². The lowest BCUT2D eigenvalue weighted by Crippen LogP contribution is -2.00. The molecule has 0 saturated carbocycles. The fourth-order valence-electron chi connectivity index (χ4n) is 1.53. The molecule has 0 spiro atoms. The van der Waals surface area contributed by atoms with E-state index in [4.69, 9.17) is 5.73 Å². The van der Waals surface area contributed by atoms with Gasteiger partial charge in [-0.1, -0.05) is 26.0 Å². The van der Waals surface area contributed by atoms with E-state index >= 15 is 0 Å². The molecule has 1 aromatic rings. The first-order valence-corrected chi connectivity index (χ1v) is 5.17. The summed E-state index contributed by atoms with van der Waals surface area (Å²) in [6.07, 6.45) is 2.00. The van der Waals surface area contributed by atoms with Gasteiger partial charge in [-0.2, -0.15) is 0 Å². The van der Waals surface area contributed by atoms with Crippen LogP contribution in [-0.4, -0.2) is 11.7 Å². The van der Waals surface area contributed by atoms with Gasteiger partial charge in [0, 0.05) is 0 Å². The Labute approximate surface area is 85.8 Å². The van der Waals surface area contributed by atoms with Crippen LogP contribution >= 0.6 is 0 Å². The highest BCUT2D eigenvalue weighted by molar-refractivity contribution is 5.38. The highest BCUT2D eigenvalue weighted by atomic mass is 16.3. The molecule has 2 heteroatoms. The zero-order chi connectivity index (χ0) is 10.6. The molecule has 0 bridgehead atoms. The van der Waals surface area contributed by atoms with Gasteiger partial charge in [0.25, 0.3) is 0 Å². The van der Waals surface area contributed by atoms with E-state index in [1.807, 2.05) is 6.07 Å². The SMILES string of the molecule is CC(C)c1cc(CCCN)ccc1O. The number of aromatic hydroxyl groups is 1. The number of hydrogen-bond acceptors (Lipinski definition) is 2. The normalized spacial score (nSPS) is 10.9. The summed E-state index contributed by atoms with van der Waals surface area (Å²) in [4.78, 5) is 0. The van der Waals surface area contributed by atoms with Crippen LogP contribution in [0.2, 0.25) is 0 Å². The zero-order valence-electron chi connectivity index (χ0n) is 8.96. The van der Waals surface area contributed by atoms with Gasteiger partial charge in [-0.05, 0) is 42.5 Å². The van der Waals surface area contributed by atoms with Crippen molar-refractivity contribution in [3.63, 3.8) is 0 Å². The predicted molar refractivity (Wildman–Crippen MR) is 59.6 cm³/mol. The second-order valence-corrected chi connectivity index (χ2v) is 3.94. The van der Waals surface area contributed by atoms with E-state index in [1.54, 1.807) is 6.07 Å². The molecule has 0 aliphatic carbocycles. The first kappa shape index (κ1) is 11.1. The molecule has 0 radical (unpaired) electrons. The van der Waals surface area contributed by atoms with Gasteiger partial charge < -0.3 is 10.8 Å². The molecule has 0 aromatic heterocycles. The molecule has 0 saturated heterocycles. The summed E-state index contributed by atoms with van der Waals surface area (Å²) >= 11 is 0. The van der Waals surface area contributed by atoms with Crippen molar-refractivity contribution in [3.8, 4) is 5.75 Å². The van der Waals surface area contributed by atoms with Crippen LogP contribution in [0.25, 0.3) is 0 Å². The van der Waals surface area contributed by atoms with Crippen LogP contribution in [0.3, 0.4) is 0 Å². The van der Waals surface area contributed by atoms with E-state index in [-0.39, 0.29) is 0 Å². The van der Waals surface area contributed by atoms with Crippen molar-refractivity contribution in [2.24, 2.45) is 5.73 Å². The Morgan fingerprint density at radius 2 is 2.07 bits per heavy atom. The molecule has 0 aliphatic rings. The second-order valence-electron chi connectivity index (χ2n) is 3.94. The van der Waals surface area contributed by atoms with Crippen molar-refractivity contribution in [1.29, 1.82) is 0 Å². The number of phenolic OH excluding ortho intramolecular Hbond substituents is 1. The molecule has 1 rings (SSSR count). The van der Waals surface area contributed by atoms with Crippen molar-refractivity contribution in [3.05, 3.63) is 29.3 Å². The molecule has 0 amide bonds. The molecule has 1 aromatic carbocycles. The second kappa shape index (κ2) is 5.01. The van der Waals surface area contributed by atoms with Gasteiger partial charge in [0.15, 0.2) is 0 Å². The lowest BCUT2D eigenvalue weighted by atomic mass is 9.98. The Bertz CT molecular complexity index is 294. The molecule has 3 N–H and O–H groups in total. The Morgan fingerprint density at radius 1 is 1.36 bits per heavy atom. The summed E-state index contributed by atoms with van der Waals surface area (Å²) < 4.78 is 0. The van der Waals surface area contributed by atoms with Crippen LogP contribution in [0, 0.1) is 0 Å². The molecular formula is C12H19NO. The number of nitrogens with two attached hydrogens (primary N) is 1. The van der Waals surface area contributed by atoms with Crippen LogP contribution in [0.5, 0.6) is 5.75 Å². The minimum Gasteiger partial charge on any atom is -0.508 e.